The molecule has 0 spiro atoms. The molecule has 0 bridgehead atoms. The Morgan fingerprint density at radius 1 is 1.11 bits per heavy atom. The zero-order valence-electron chi connectivity index (χ0n) is 20.8. The lowest BCUT2D eigenvalue weighted by molar-refractivity contribution is 0.331. The van der Waals surface area contributed by atoms with Crippen molar-refractivity contribution in [2.45, 2.75) is 45.2 Å². The molecule has 5 rings (SSSR count). The molecular weight excluding hydrogens is 467 g/mol. The van der Waals surface area contributed by atoms with Crippen LogP contribution in [-0.4, -0.2) is 21.2 Å². The smallest absolute Gasteiger partial charge is 0.261 e. The van der Waals surface area contributed by atoms with E-state index < -0.39 is 12.2 Å². The Labute approximate surface area is 213 Å². The average molecular weight is 493 g/mol. The first-order chi connectivity index (χ1) is 17.8. The van der Waals surface area contributed by atoms with E-state index in [0.717, 1.165) is 11.1 Å². The predicted molar refractivity (Wildman–Crippen MR) is 140 cm³/mol. The SMILES string of the molecule is Cc1nc(N[C@H](C)c2cccc(C#N)c2C)c2cn(C3(CF)CC3)c(=O)c(-c3ccc(C#N)cc3)c2n1. The summed E-state index contributed by atoms with van der Waals surface area (Å²) >= 11 is 0. The van der Waals surface area contributed by atoms with Gasteiger partial charge in [0.15, 0.2) is 0 Å². The van der Waals surface area contributed by atoms with Crippen molar-refractivity contribution < 1.29 is 4.39 Å². The van der Waals surface area contributed by atoms with Gasteiger partial charge in [0.05, 0.1) is 51.3 Å². The molecule has 1 aliphatic rings. The van der Waals surface area contributed by atoms with Crippen LogP contribution >= 0.6 is 0 Å². The Balaban J connectivity index is 1.74. The molecule has 184 valence electrons. The summed E-state index contributed by atoms with van der Waals surface area (Å²) in [6.45, 7) is 5.01. The van der Waals surface area contributed by atoms with Crippen molar-refractivity contribution in [1.29, 1.82) is 10.5 Å². The van der Waals surface area contributed by atoms with Crippen LogP contribution < -0.4 is 10.9 Å². The molecule has 1 saturated carbocycles. The summed E-state index contributed by atoms with van der Waals surface area (Å²) < 4.78 is 15.7. The van der Waals surface area contributed by atoms with Crippen molar-refractivity contribution in [2.75, 3.05) is 12.0 Å². The van der Waals surface area contributed by atoms with Crippen molar-refractivity contribution in [3.63, 3.8) is 0 Å². The quantitative estimate of drug-likeness (QED) is 0.383. The second-order valence-electron chi connectivity index (χ2n) is 9.61. The first kappa shape index (κ1) is 24.1. The number of benzene rings is 2. The molecule has 0 saturated heterocycles. The third-order valence-electron chi connectivity index (χ3n) is 7.19. The minimum atomic E-state index is -0.863. The van der Waals surface area contributed by atoms with E-state index >= 15 is 0 Å². The van der Waals surface area contributed by atoms with E-state index in [9.17, 15) is 19.7 Å². The molecule has 0 unspecified atom stereocenters. The van der Waals surface area contributed by atoms with E-state index in [0.29, 0.717) is 57.6 Å². The number of aryl methyl sites for hydroxylation is 1. The lowest BCUT2D eigenvalue weighted by atomic mass is 9.98. The van der Waals surface area contributed by atoms with Gasteiger partial charge in [-0.1, -0.05) is 24.3 Å². The van der Waals surface area contributed by atoms with Gasteiger partial charge in [-0.25, -0.2) is 14.4 Å². The van der Waals surface area contributed by atoms with E-state index in [4.69, 9.17) is 0 Å². The van der Waals surface area contributed by atoms with Crippen LogP contribution in [-0.2, 0) is 5.54 Å². The van der Waals surface area contributed by atoms with Gasteiger partial charge in [-0.3, -0.25) is 4.79 Å². The van der Waals surface area contributed by atoms with E-state index in [1.54, 1.807) is 43.5 Å². The van der Waals surface area contributed by atoms with Crippen molar-refractivity contribution in [3.05, 3.63) is 87.1 Å². The predicted octanol–water partition coefficient (Wildman–Crippen LogP) is 5.45. The van der Waals surface area contributed by atoms with Gasteiger partial charge in [-0.2, -0.15) is 10.5 Å². The number of nitrogens with zero attached hydrogens (tertiary/aromatic N) is 5. The highest BCUT2D eigenvalue weighted by Gasteiger charge is 2.46. The number of anilines is 1. The van der Waals surface area contributed by atoms with Crippen molar-refractivity contribution in [1.82, 2.24) is 14.5 Å². The first-order valence-corrected chi connectivity index (χ1v) is 12.1. The Morgan fingerprint density at radius 2 is 1.84 bits per heavy atom. The lowest BCUT2D eigenvalue weighted by Gasteiger charge is -2.22. The van der Waals surface area contributed by atoms with Crippen LogP contribution in [0.5, 0.6) is 0 Å². The van der Waals surface area contributed by atoms with Gasteiger partial charge < -0.3 is 9.88 Å². The zero-order valence-corrected chi connectivity index (χ0v) is 20.8. The van der Waals surface area contributed by atoms with Crippen molar-refractivity contribution in [3.8, 4) is 23.3 Å². The topological polar surface area (TPSA) is 107 Å². The third kappa shape index (κ3) is 4.11. The number of aromatic nitrogens is 3. The van der Waals surface area contributed by atoms with Gasteiger partial charge in [0.2, 0.25) is 0 Å². The summed E-state index contributed by atoms with van der Waals surface area (Å²) in [4.78, 5) is 23.1. The number of nitriles is 2. The second kappa shape index (κ2) is 9.15. The first-order valence-electron chi connectivity index (χ1n) is 12.1. The molecule has 0 radical (unpaired) electrons. The standard InChI is InChI=1S/C29H25FN6O/c1-17-22(14-32)5-4-6-23(17)18(2)33-27-24-15-36(29(16-30)11-12-29)28(37)25(26(24)34-19(3)35-27)21-9-7-20(13-31)8-10-21/h4-10,15,18H,11-12,16H2,1-3H3,(H,33,34,35)/t18-/m1/s1. The summed E-state index contributed by atoms with van der Waals surface area (Å²) in [5.41, 5.74) is 3.15. The van der Waals surface area contributed by atoms with Gasteiger partial charge in [0.1, 0.15) is 18.3 Å². The van der Waals surface area contributed by atoms with Crippen LogP contribution in [0.1, 0.15) is 53.9 Å². The monoisotopic (exact) mass is 492 g/mol. The maximum atomic E-state index is 14.2. The number of nitrogens with one attached hydrogen (secondary N) is 1. The molecule has 2 aromatic heterocycles. The fourth-order valence-corrected chi connectivity index (χ4v) is 4.85. The maximum absolute atomic E-state index is 14.2. The average Bonchev–Trinajstić information content (AvgIpc) is 3.70. The number of halogens is 1. The Bertz CT molecular complexity index is 1670. The van der Waals surface area contributed by atoms with Gasteiger partial charge >= 0.3 is 0 Å². The van der Waals surface area contributed by atoms with Gasteiger partial charge in [0.25, 0.3) is 5.56 Å². The Hall–Kier alpha value is -4.56. The Kier molecular flexibility index (Phi) is 5.97. The van der Waals surface area contributed by atoms with Crippen LogP contribution in [0.4, 0.5) is 10.2 Å². The van der Waals surface area contributed by atoms with Crippen molar-refractivity contribution in [2.24, 2.45) is 0 Å². The molecule has 1 N–H and O–H groups in total. The van der Waals surface area contributed by atoms with E-state index in [-0.39, 0.29) is 11.6 Å². The lowest BCUT2D eigenvalue weighted by Crippen LogP contribution is -2.33. The largest absolute Gasteiger partial charge is 0.363 e. The number of alkyl halides is 1. The molecule has 1 atom stereocenters. The zero-order chi connectivity index (χ0) is 26.3. The molecular formula is C29H25FN6O. The fourth-order valence-electron chi connectivity index (χ4n) is 4.85. The number of hydrogen-bond acceptors (Lipinski definition) is 6. The van der Waals surface area contributed by atoms with Crippen LogP contribution in [0.15, 0.2) is 53.5 Å². The number of pyridine rings is 1. The van der Waals surface area contributed by atoms with Crippen LogP contribution in [0.25, 0.3) is 22.0 Å². The highest BCUT2D eigenvalue weighted by Crippen LogP contribution is 2.44. The molecule has 7 nitrogen and oxygen atoms in total. The summed E-state index contributed by atoms with van der Waals surface area (Å²) in [5.74, 6) is 0.999. The van der Waals surface area contributed by atoms with Gasteiger partial charge in [-0.15, -0.1) is 0 Å². The fraction of sp³-hybridized carbons (Fsp3) is 0.276. The maximum Gasteiger partial charge on any atom is 0.261 e. The summed E-state index contributed by atoms with van der Waals surface area (Å²) in [5, 5.41) is 22.7. The van der Waals surface area contributed by atoms with E-state index in [1.165, 1.54) is 4.57 Å². The highest BCUT2D eigenvalue weighted by atomic mass is 19.1. The second-order valence-corrected chi connectivity index (χ2v) is 9.61. The molecule has 0 amide bonds. The molecule has 0 aliphatic heterocycles. The molecule has 2 aromatic carbocycles. The van der Waals surface area contributed by atoms with Crippen LogP contribution in [0, 0.1) is 36.5 Å². The molecule has 1 fully saturated rings. The van der Waals surface area contributed by atoms with Crippen LogP contribution in [0.2, 0.25) is 0 Å². The summed E-state index contributed by atoms with van der Waals surface area (Å²) in [6.07, 6.45) is 2.83. The van der Waals surface area contributed by atoms with E-state index in [2.05, 4.69) is 27.4 Å². The van der Waals surface area contributed by atoms with Crippen LogP contribution in [0.3, 0.4) is 0 Å². The Morgan fingerprint density at radius 3 is 2.46 bits per heavy atom. The highest BCUT2D eigenvalue weighted by molar-refractivity contribution is 5.98. The molecule has 1 aliphatic carbocycles. The molecule has 37 heavy (non-hydrogen) atoms. The third-order valence-corrected chi connectivity index (χ3v) is 7.19. The van der Waals surface area contributed by atoms with Gasteiger partial charge in [-0.05, 0) is 68.5 Å². The summed E-state index contributed by atoms with van der Waals surface area (Å²) in [7, 11) is 0. The normalized spacial score (nSPS) is 14.5. The summed E-state index contributed by atoms with van der Waals surface area (Å²) in [6, 6.07) is 16.4. The molecule has 8 heteroatoms. The van der Waals surface area contributed by atoms with E-state index in [1.807, 2.05) is 26.0 Å². The van der Waals surface area contributed by atoms with Gasteiger partial charge in [0, 0.05) is 6.20 Å². The number of fused-ring (bicyclic) bond motifs is 1. The van der Waals surface area contributed by atoms with Crippen molar-refractivity contribution >= 4 is 16.7 Å². The molecule has 4 aromatic rings. The number of hydrogen-bond donors (Lipinski definition) is 1. The minimum Gasteiger partial charge on any atom is -0.363 e. The minimum absolute atomic E-state index is 0.208. The number of rotatable bonds is 6. The molecule has 2 heterocycles.